The Hall–Kier alpha value is -3.26. The number of aryl methyl sites for hydroxylation is 2. The van der Waals surface area contributed by atoms with Crippen molar-refractivity contribution in [2.75, 3.05) is 11.9 Å². The third-order valence-electron chi connectivity index (χ3n) is 5.29. The molecular formula is C27H35N3O4S. The summed E-state index contributed by atoms with van der Waals surface area (Å²) in [5, 5.41) is 12.2. The lowest BCUT2D eigenvalue weighted by Crippen LogP contribution is -2.26. The monoisotopic (exact) mass is 497 g/mol. The summed E-state index contributed by atoms with van der Waals surface area (Å²) in [6, 6.07) is 13.0. The van der Waals surface area contributed by atoms with Gasteiger partial charge in [0.1, 0.15) is 10.4 Å². The van der Waals surface area contributed by atoms with Gasteiger partial charge in [0.05, 0.1) is 12.3 Å². The predicted octanol–water partition coefficient (Wildman–Crippen LogP) is 5.98. The van der Waals surface area contributed by atoms with Gasteiger partial charge in [-0.1, -0.05) is 31.0 Å². The van der Waals surface area contributed by atoms with E-state index in [9.17, 15) is 14.7 Å². The SMILES string of the molecule is CCCCOC(=Nc1ccc(SC(C)(C)C(=O)O)cc1)/C(C)=C(\N)C(=O)Nc1ccc(C)cc1C. The van der Waals surface area contributed by atoms with Crippen molar-refractivity contribution in [2.45, 2.75) is 64.0 Å². The molecule has 35 heavy (non-hydrogen) atoms. The third kappa shape index (κ3) is 8.17. The maximum atomic E-state index is 12.9. The van der Waals surface area contributed by atoms with E-state index >= 15 is 0 Å². The second-order valence-electron chi connectivity index (χ2n) is 8.84. The highest BCUT2D eigenvalue weighted by atomic mass is 32.2. The number of hydrogen-bond donors (Lipinski definition) is 3. The Balaban J connectivity index is 2.30. The van der Waals surface area contributed by atoms with Crippen molar-refractivity contribution >= 4 is 40.9 Å². The Kier molecular flexibility index (Phi) is 9.95. The topological polar surface area (TPSA) is 114 Å². The zero-order valence-corrected chi connectivity index (χ0v) is 22.1. The van der Waals surface area contributed by atoms with E-state index in [-0.39, 0.29) is 11.6 Å². The number of aliphatic imine (C=N–C) groups is 1. The minimum atomic E-state index is -0.948. The first-order chi connectivity index (χ1) is 16.4. The van der Waals surface area contributed by atoms with E-state index in [0.717, 1.165) is 28.9 Å². The standard InChI is InChI=1S/C27H35N3O4S/c1-7-8-15-34-25(29-20-10-12-21(13-11-20)35-27(5,6)26(32)33)19(4)23(28)24(31)30-22-14-9-17(2)16-18(22)3/h9-14,16H,7-8,15,28H2,1-6H3,(H,30,31)(H,32,33)/b23-19-,29-25?. The van der Waals surface area contributed by atoms with Crippen molar-refractivity contribution in [2.24, 2.45) is 10.7 Å². The van der Waals surface area contributed by atoms with Crippen LogP contribution in [0.3, 0.4) is 0 Å². The Labute approximate surface area is 211 Å². The number of nitrogens with zero attached hydrogens (tertiary/aromatic N) is 1. The highest BCUT2D eigenvalue weighted by molar-refractivity contribution is 8.01. The van der Waals surface area contributed by atoms with Gasteiger partial charge in [0, 0.05) is 16.2 Å². The number of anilines is 1. The summed E-state index contributed by atoms with van der Waals surface area (Å²) in [5.41, 5.74) is 10.0. The van der Waals surface area contributed by atoms with Crippen molar-refractivity contribution in [3.8, 4) is 0 Å². The van der Waals surface area contributed by atoms with Gasteiger partial charge in [-0.15, -0.1) is 11.8 Å². The molecule has 0 aliphatic carbocycles. The summed E-state index contributed by atoms with van der Waals surface area (Å²) in [5.74, 6) is -1.03. The highest BCUT2D eigenvalue weighted by Crippen LogP contribution is 2.33. The van der Waals surface area contributed by atoms with E-state index in [1.165, 1.54) is 11.8 Å². The lowest BCUT2D eigenvalue weighted by atomic mass is 10.1. The first kappa shape index (κ1) is 28.0. The molecule has 0 spiro atoms. The van der Waals surface area contributed by atoms with Gasteiger partial charge in [0.2, 0.25) is 5.90 Å². The summed E-state index contributed by atoms with van der Waals surface area (Å²) in [6.45, 7) is 11.4. The van der Waals surface area contributed by atoms with Crippen LogP contribution in [-0.2, 0) is 14.3 Å². The number of carboxylic acid groups (broad SMARTS) is 1. The molecule has 0 aromatic heterocycles. The Bertz CT molecular complexity index is 1120. The quantitative estimate of drug-likeness (QED) is 0.122. The number of carbonyl (C=O) groups excluding carboxylic acids is 1. The maximum absolute atomic E-state index is 12.9. The molecule has 188 valence electrons. The molecule has 2 aromatic carbocycles. The molecule has 2 aromatic rings. The van der Waals surface area contributed by atoms with Crippen LogP contribution in [0.1, 0.15) is 51.7 Å². The van der Waals surface area contributed by atoms with Crippen LogP contribution in [0.25, 0.3) is 0 Å². The fraction of sp³-hybridized carbons (Fsp3) is 0.370. The average molecular weight is 498 g/mol. The number of nitrogens with one attached hydrogen (secondary N) is 1. The molecular weight excluding hydrogens is 462 g/mol. The van der Waals surface area contributed by atoms with Gasteiger partial charge in [-0.25, -0.2) is 4.99 Å². The van der Waals surface area contributed by atoms with E-state index in [1.807, 2.05) is 44.2 Å². The van der Waals surface area contributed by atoms with Crippen LogP contribution in [0.2, 0.25) is 0 Å². The molecule has 0 aliphatic heterocycles. The summed E-state index contributed by atoms with van der Waals surface area (Å²) in [6.07, 6.45) is 1.78. The van der Waals surface area contributed by atoms with Crippen molar-refractivity contribution in [1.29, 1.82) is 0 Å². The number of benzene rings is 2. The molecule has 0 aliphatic rings. The molecule has 0 saturated heterocycles. The number of carboxylic acids is 1. The summed E-state index contributed by atoms with van der Waals surface area (Å²) in [7, 11) is 0. The lowest BCUT2D eigenvalue weighted by Gasteiger charge is -2.18. The molecule has 0 bridgehead atoms. The largest absolute Gasteiger partial charge is 0.480 e. The van der Waals surface area contributed by atoms with Crippen LogP contribution >= 0.6 is 11.8 Å². The van der Waals surface area contributed by atoms with Gasteiger partial charge < -0.3 is 20.9 Å². The molecule has 0 saturated carbocycles. The van der Waals surface area contributed by atoms with Crippen LogP contribution in [-0.4, -0.2) is 34.2 Å². The lowest BCUT2D eigenvalue weighted by molar-refractivity contribution is -0.138. The minimum Gasteiger partial charge on any atom is -0.480 e. The predicted molar refractivity (Wildman–Crippen MR) is 143 cm³/mol. The molecule has 2 rings (SSSR count). The molecule has 0 fully saturated rings. The number of nitrogens with two attached hydrogens (primary N) is 1. The molecule has 8 heteroatoms. The van der Waals surface area contributed by atoms with Crippen LogP contribution in [0, 0.1) is 13.8 Å². The summed E-state index contributed by atoms with van der Waals surface area (Å²) in [4.78, 5) is 29.7. The molecule has 0 atom stereocenters. The van der Waals surface area contributed by atoms with E-state index in [4.69, 9.17) is 10.5 Å². The Morgan fingerprint density at radius 3 is 2.37 bits per heavy atom. The number of thioether (sulfide) groups is 1. The Morgan fingerprint density at radius 2 is 1.80 bits per heavy atom. The zero-order chi connectivity index (χ0) is 26.2. The van der Waals surface area contributed by atoms with E-state index < -0.39 is 16.6 Å². The van der Waals surface area contributed by atoms with Gasteiger partial charge in [0.25, 0.3) is 5.91 Å². The molecule has 0 radical (unpaired) electrons. The highest BCUT2D eigenvalue weighted by Gasteiger charge is 2.28. The first-order valence-electron chi connectivity index (χ1n) is 11.5. The molecule has 0 unspecified atom stereocenters. The van der Waals surface area contributed by atoms with Gasteiger partial charge in [0.15, 0.2) is 0 Å². The third-order valence-corrected chi connectivity index (χ3v) is 6.48. The first-order valence-corrected chi connectivity index (χ1v) is 12.4. The summed E-state index contributed by atoms with van der Waals surface area (Å²) >= 11 is 1.25. The number of aliphatic carboxylic acids is 1. The van der Waals surface area contributed by atoms with Crippen molar-refractivity contribution in [3.05, 3.63) is 64.9 Å². The van der Waals surface area contributed by atoms with Crippen LogP contribution in [0.15, 0.2) is 63.6 Å². The maximum Gasteiger partial charge on any atom is 0.319 e. The smallest absolute Gasteiger partial charge is 0.319 e. The molecule has 1 amide bonds. The zero-order valence-electron chi connectivity index (χ0n) is 21.3. The number of hydrogen-bond acceptors (Lipinski definition) is 6. The van der Waals surface area contributed by atoms with Crippen LogP contribution < -0.4 is 11.1 Å². The number of unbranched alkanes of at least 4 members (excludes halogenated alkanes) is 1. The van der Waals surface area contributed by atoms with Gasteiger partial charge >= 0.3 is 5.97 Å². The van der Waals surface area contributed by atoms with Crippen molar-refractivity contribution in [1.82, 2.24) is 0 Å². The second kappa shape index (κ2) is 12.4. The Morgan fingerprint density at radius 1 is 1.14 bits per heavy atom. The molecule has 4 N–H and O–H groups in total. The number of carbonyl (C=O) groups is 2. The molecule has 0 heterocycles. The number of rotatable bonds is 10. The van der Waals surface area contributed by atoms with E-state index in [0.29, 0.717) is 23.6 Å². The van der Waals surface area contributed by atoms with Crippen molar-refractivity contribution in [3.63, 3.8) is 0 Å². The minimum absolute atomic E-state index is 0.0237. The average Bonchev–Trinajstić information content (AvgIpc) is 2.80. The van der Waals surface area contributed by atoms with E-state index in [2.05, 4.69) is 17.2 Å². The van der Waals surface area contributed by atoms with Gasteiger partial charge in [-0.2, -0.15) is 0 Å². The normalized spacial score (nSPS) is 12.7. The second-order valence-corrected chi connectivity index (χ2v) is 10.5. The van der Waals surface area contributed by atoms with Gasteiger partial charge in [-0.05, 0) is 76.9 Å². The van der Waals surface area contributed by atoms with Crippen LogP contribution in [0.4, 0.5) is 11.4 Å². The van der Waals surface area contributed by atoms with E-state index in [1.54, 1.807) is 32.9 Å². The fourth-order valence-electron chi connectivity index (χ4n) is 3.01. The number of amides is 1. The fourth-order valence-corrected chi connectivity index (χ4v) is 3.96. The number of ether oxygens (including phenoxy) is 1. The van der Waals surface area contributed by atoms with Gasteiger partial charge in [-0.3, -0.25) is 9.59 Å². The van der Waals surface area contributed by atoms with Crippen molar-refractivity contribution < 1.29 is 19.4 Å². The van der Waals surface area contributed by atoms with Crippen LogP contribution in [0.5, 0.6) is 0 Å². The molecule has 7 nitrogen and oxygen atoms in total. The summed E-state index contributed by atoms with van der Waals surface area (Å²) < 4.78 is 4.95.